The maximum atomic E-state index is 12.5. The molecule has 0 amide bonds. The lowest BCUT2D eigenvalue weighted by molar-refractivity contribution is -0.352. The van der Waals surface area contributed by atoms with Crippen LogP contribution in [-0.4, -0.2) is 42.7 Å². The number of hydrogen-bond acceptors (Lipinski definition) is 5. The van der Waals surface area contributed by atoms with Crippen LogP contribution < -0.4 is 0 Å². The van der Waals surface area contributed by atoms with Crippen molar-refractivity contribution in [3.63, 3.8) is 0 Å². The van der Waals surface area contributed by atoms with Crippen LogP contribution in [0.3, 0.4) is 0 Å². The first kappa shape index (κ1) is 31.6. The summed E-state index contributed by atoms with van der Waals surface area (Å²) < 4.78 is 23.6. The predicted molar refractivity (Wildman–Crippen MR) is 151 cm³/mol. The highest BCUT2D eigenvalue weighted by molar-refractivity contribution is 5.75. The third-order valence-electron chi connectivity index (χ3n) is 8.94. The lowest BCUT2D eigenvalue weighted by Gasteiger charge is -2.37. The van der Waals surface area contributed by atoms with Gasteiger partial charge in [0.2, 0.25) is 0 Å². The van der Waals surface area contributed by atoms with Crippen molar-refractivity contribution in [2.24, 2.45) is 17.3 Å². The molecule has 2 unspecified atom stereocenters. The number of rotatable bonds is 17. The van der Waals surface area contributed by atoms with Gasteiger partial charge in [0.15, 0.2) is 12.6 Å². The zero-order valence-corrected chi connectivity index (χ0v) is 24.6. The van der Waals surface area contributed by atoms with E-state index in [2.05, 4.69) is 32.9 Å². The molecule has 2 aliphatic heterocycles. The fourth-order valence-corrected chi connectivity index (χ4v) is 6.48. The normalized spacial score (nSPS) is 28.5. The van der Waals surface area contributed by atoms with Crippen LogP contribution in [0.4, 0.5) is 0 Å². The van der Waals surface area contributed by atoms with Crippen LogP contribution in [0.15, 0.2) is 12.2 Å². The Kier molecular flexibility index (Phi) is 13.6. The Morgan fingerprint density at radius 3 is 2.05 bits per heavy atom. The van der Waals surface area contributed by atoms with E-state index in [-0.39, 0.29) is 6.42 Å². The fraction of sp³-hybridized carbons (Fsp3) is 0.906. The molecule has 0 radical (unpaired) electrons. The van der Waals surface area contributed by atoms with Gasteiger partial charge >= 0.3 is 5.97 Å². The highest BCUT2D eigenvalue weighted by Gasteiger charge is 2.46. The average molecular weight is 537 g/mol. The molecule has 4 atom stereocenters. The first-order chi connectivity index (χ1) is 18.3. The summed E-state index contributed by atoms with van der Waals surface area (Å²) in [6.07, 6.45) is 22.5. The number of aliphatic carboxylic acids is 1. The van der Waals surface area contributed by atoms with Gasteiger partial charge in [0.25, 0.3) is 5.79 Å². The Morgan fingerprint density at radius 1 is 0.842 bits per heavy atom. The summed E-state index contributed by atoms with van der Waals surface area (Å²) in [4.78, 5) is 12.5. The van der Waals surface area contributed by atoms with Gasteiger partial charge in [0.05, 0.1) is 0 Å². The number of carboxylic acids is 1. The minimum Gasteiger partial charge on any atom is -0.477 e. The molecule has 2 saturated heterocycles. The van der Waals surface area contributed by atoms with Crippen molar-refractivity contribution >= 4 is 5.97 Å². The molecule has 6 heteroatoms. The van der Waals surface area contributed by atoms with Crippen LogP contribution in [-0.2, 0) is 23.7 Å². The average Bonchev–Trinajstić information content (AvgIpc) is 3.35. The van der Waals surface area contributed by atoms with E-state index in [1.165, 1.54) is 57.8 Å². The van der Waals surface area contributed by atoms with E-state index in [4.69, 9.17) is 18.9 Å². The molecule has 1 N–H and O–H groups in total. The number of allylic oxidation sites excluding steroid dienone is 2. The summed E-state index contributed by atoms with van der Waals surface area (Å²) in [7, 11) is 0. The Balaban J connectivity index is 1.49. The van der Waals surface area contributed by atoms with Crippen molar-refractivity contribution in [3.05, 3.63) is 12.2 Å². The highest BCUT2D eigenvalue weighted by atomic mass is 16.8. The summed E-state index contributed by atoms with van der Waals surface area (Å²) >= 11 is 0. The zero-order valence-electron chi connectivity index (χ0n) is 24.6. The molecule has 3 aliphatic rings. The molecule has 0 aromatic heterocycles. The van der Waals surface area contributed by atoms with Gasteiger partial charge in [-0.05, 0) is 87.9 Å². The van der Waals surface area contributed by atoms with E-state index < -0.39 is 24.3 Å². The molecular weight excluding hydrogens is 480 g/mol. The Morgan fingerprint density at radius 2 is 1.47 bits per heavy atom. The molecule has 0 spiro atoms. The molecule has 38 heavy (non-hydrogen) atoms. The molecule has 3 fully saturated rings. The van der Waals surface area contributed by atoms with Crippen molar-refractivity contribution in [3.8, 4) is 0 Å². The second kappa shape index (κ2) is 16.3. The Hall–Kier alpha value is -0.950. The van der Waals surface area contributed by atoms with E-state index in [0.29, 0.717) is 37.9 Å². The molecule has 2 heterocycles. The van der Waals surface area contributed by atoms with Crippen LogP contribution in [0, 0.1) is 17.3 Å². The number of unbranched alkanes of at least 4 members (excludes halogenated alkanes) is 1. The van der Waals surface area contributed by atoms with Crippen LogP contribution >= 0.6 is 0 Å². The Labute approximate surface area is 232 Å². The number of ether oxygens (including phenoxy) is 4. The van der Waals surface area contributed by atoms with E-state index >= 15 is 0 Å². The third kappa shape index (κ3) is 10.6. The summed E-state index contributed by atoms with van der Waals surface area (Å²) in [5.41, 5.74) is 0.468. The van der Waals surface area contributed by atoms with Crippen LogP contribution in [0.25, 0.3) is 0 Å². The third-order valence-corrected chi connectivity index (χ3v) is 8.94. The second-order valence-electron chi connectivity index (χ2n) is 12.7. The summed E-state index contributed by atoms with van der Waals surface area (Å²) in [5, 5.41) is 10.3. The van der Waals surface area contributed by atoms with Crippen LogP contribution in [0.5, 0.6) is 0 Å². The van der Waals surface area contributed by atoms with Crippen molar-refractivity contribution < 1.29 is 28.8 Å². The van der Waals surface area contributed by atoms with Gasteiger partial charge in [-0.3, -0.25) is 0 Å². The Bertz CT molecular complexity index is 672. The van der Waals surface area contributed by atoms with Gasteiger partial charge in [0, 0.05) is 19.6 Å². The molecular formula is C32H56O6. The minimum atomic E-state index is -1.74. The fourth-order valence-electron chi connectivity index (χ4n) is 6.48. The zero-order chi connectivity index (χ0) is 27.3. The quantitative estimate of drug-likeness (QED) is 0.149. The van der Waals surface area contributed by atoms with E-state index in [1.807, 2.05) is 0 Å². The van der Waals surface area contributed by atoms with Gasteiger partial charge in [-0.15, -0.1) is 0 Å². The number of carbonyl (C=O) groups is 1. The van der Waals surface area contributed by atoms with Gasteiger partial charge in [-0.25, -0.2) is 4.79 Å². The van der Waals surface area contributed by atoms with E-state index in [0.717, 1.165) is 43.9 Å². The molecule has 6 nitrogen and oxygen atoms in total. The lowest BCUT2D eigenvalue weighted by Crippen LogP contribution is -2.51. The predicted octanol–water partition coefficient (Wildman–Crippen LogP) is 8.38. The second-order valence-corrected chi connectivity index (χ2v) is 12.7. The largest absolute Gasteiger partial charge is 0.477 e. The summed E-state index contributed by atoms with van der Waals surface area (Å²) in [6, 6.07) is 0. The standard InChI is InChI=1S/C32H56O6/c1-4-5-21-31(2,3)22-14-18-27-17-13-16-26(27)15-7-6-10-23-32(30(33)34,37-28-19-8-11-24-35-28)38-29-20-9-12-25-36-29/h6-7,26-29H,4-5,8-25H2,1-3H3,(H,33,34)/b7-6-/t26-,27+,28?,29?,32?/m0/s1. The monoisotopic (exact) mass is 536 g/mol. The van der Waals surface area contributed by atoms with Gasteiger partial charge in [-0.1, -0.05) is 71.4 Å². The summed E-state index contributed by atoms with van der Waals surface area (Å²) in [6.45, 7) is 8.34. The SMILES string of the molecule is CCCCC(C)(C)CCC[C@H]1CCC[C@@H]1C/C=C\CCC(OC1CCCCO1)(OC1CCCCO1)C(=O)O. The first-order valence-electron chi connectivity index (χ1n) is 15.8. The smallest absolute Gasteiger partial charge is 0.364 e. The molecule has 0 aromatic carbocycles. The number of hydrogen-bond donors (Lipinski definition) is 1. The number of carboxylic acid groups (broad SMARTS) is 1. The summed E-state index contributed by atoms with van der Waals surface area (Å²) in [5.74, 6) is -1.24. The molecule has 0 bridgehead atoms. The van der Waals surface area contributed by atoms with E-state index in [1.54, 1.807) is 0 Å². The topological polar surface area (TPSA) is 74.2 Å². The molecule has 1 saturated carbocycles. The van der Waals surface area contributed by atoms with Gasteiger partial charge in [0.1, 0.15) is 0 Å². The van der Waals surface area contributed by atoms with Crippen molar-refractivity contribution in [1.82, 2.24) is 0 Å². The molecule has 220 valence electrons. The highest BCUT2D eigenvalue weighted by Crippen LogP contribution is 2.39. The molecule has 0 aromatic rings. The van der Waals surface area contributed by atoms with E-state index in [9.17, 15) is 9.90 Å². The van der Waals surface area contributed by atoms with Gasteiger partial charge in [-0.2, -0.15) is 0 Å². The van der Waals surface area contributed by atoms with Crippen molar-refractivity contribution in [2.45, 2.75) is 155 Å². The lowest BCUT2D eigenvalue weighted by atomic mass is 9.80. The molecule has 1 aliphatic carbocycles. The van der Waals surface area contributed by atoms with Crippen molar-refractivity contribution in [1.29, 1.82) is 0 Å². The minimum absolute atomic E-state index is 0.249. The van der Waals surface area contributed by atoms with Crippen LogP contribution in [0.2, 0.25) is 0 Å². The first-order valence-corrected chi connectivity index (χ1v) is 15.8. The van der Waals surface area contributed by atoms with Crippen molar-refractivity contribution in [2.75, 3.05) is 13.2 Å². The van der Waals surface area contributed by atoms with Gasteiger partial charge < -0.3 is 24.1 Å². The maximum Gasteiger partial charge on any atom is 0.364 e. The maximum absolute atomic E-state index is 12.5. The van der Waals surface area contributed by atoms with Crippen LogP contribution in [0.1, 0.15) is 136 Å². The molecule has 3 rings (SSSR count).